The Morgan fingerprint density at radius 2 is 2.11 bits per heavy atom. The Morgan fingerprint density at radius 3 is 3.00 bits per heavy atom. The Kier molecular flexibility index (Phi) is 2.83. The molecule has 1 aliphatic rings. The fraction of sp³-hybridized carbons (Fsp3) is 0.231. The molecule has 0 saturated heterocycles. The quantitative estimate of drug-likeness (QED) is 0.903. The monoisotopic (exact) mass is 259 g/mol. The van der Waals surface area contributed by atoms with Gasteiger partial charge in [-0.25, -0.2) is 9.97 Å². The summed E-state index contributed by atoms with van der Waals surface area (Å²) < 4.78 is 16.2. The van der Waals surface area contributed by atoms with Crippen molar-refractivity contribution in [1.82, 2.24) is 9.97 Å². The van der Waals surface area contributed by atoms with Crippen LogP contribution in [-0.4, -0.2) is 16.8 Å². The molecule has 1 aromatic heterocycles. The van der Waals surface area contributed by atoms with E-state index in [1.54, 1.807) is 0 Å². The van der Waals surface area contributed by atoms with Crippen molar-refractivity contribution in [2.24, 2.45) is 0 Å². The molecule has 98 valence electrons. The zero-order valence-corrected chi connectivity index (χ0v) is 10.4. The van der Waals surface area contributed by atoms with E-state index in [-0.39, 0.29) is 6.79 Å². The van der Waals surface area contributed by atoms with Crippen molar-refractivity contribution < 1.29 is 14.2 Å². The lowest BCUT2D eigenvalue weighted by Crippen LogP contribution is -2.03. The van der Waals surface area contributed by atoms with Gasteiger partial charge in [-0.2, -0.15) is 0 Å². The number of nitrogens with two attached hydrogens (primary N) is 1. The number of benzene rings is 1. The Balaban J connectivity index is 1.74. The molecule has 2 N–H and O–H groups in total. The highest BCUT2D eigenvalue weighted by molar-refractivity contribution is 5.45. The van der Waals surface area contributed by atoms with Crippen LogP contribution in [0.25, 0.3) is 0 Å². The van der Waals surface area contributed by atoms with Crippen LogP contribution in [0.2, 0.25) is 0 Å². The maximum Gasteiger partial charge on any atom is 0.231 e. The molecule has 0 unspecified atom stereocenters. The number of hydrogen-bond donors (Lipinski definition) is 1. The largest absolute Gasteiger partial charge is 0.472 e. The zero-order chi connectivity index (χ0) is 13.2. The van der Waals surface area contributed by atoms with E-state index in [1.165, 1.54) is 6.33 Å². The fourth-order valence-electron chi connectivity index (χ4n) is 1.77. The van der Waals surface area contributed by atoms with Gasteiger partial charge in [0.25, 0.3) is 0 Å². The molecule has 1 aromatic carbocycles. The summed E-state index contributed by atoms with van der Waals surface area (Å²) in [5.41, 5.74) is 7.41. The summed E-state index contributed by atoms with van der Waals surface area (Å²) in [6, 6.07) is 5.68. The van der Waals surface area contributed by atoms with Crippen LogP contribution in [0.3, 0.4) is 0 Å². The molecule has 3 rings (SSSR count). The minimum Gasteiger partial charge on any atom is -0.472 e. The average Bonchev–Trinajstić information content (AvgIpc) is 2.88. The molecule has 0 fully saturated rings. The van der Waals surface area contributed by atoms with Crippen molar-refractivity contribution in [3.05, 3.63) is 35.7 Å². The first-order chi connectivity index (χ1) is 9.24. The van der Waals surface area contributed by atoms with Gasteiger partial charge in [-0.3, -0.25) is 0 Å². The van der Waals surface area contributed by atoms with Gasteiger partial charge in [0, 0.05) is 0 Å². The van der Waals surface area contributed by atoms with Gasteiger partial charge in [0.1, 0.15) is 18.8 Å². The molecule has 1 aliphatic heterocycles. The third-order valence-corrected chi connectivity index (χ3v) is 2.89. The minimum atomic E-state index is 0.265. The second-order valence-electron chi connectivity index (χ2n) is 4.17. The van der Waals surface area contributed by atoms with Crippen molar-refractivity contribution in [1.29, 1.82) is 0 Å². The van der Waals surface area contributed by atoms with E-state index in [9.17, 15) is 0 Å². The molecule has 0 spiro atoms. The Hall–Kier alpha value is -2.50. The lowest BCUT2D eigenvalue weighted by atomic mass is 10.2. The zero-order valence-electron chi connectivity index (χ0n) is 10.4. The lowest BCUT2D eigenvalue weighted by molar-refractivity contribution is 0.174. The average molecular weight is 259 g/mol. The van der Waals surface area contributed by atoms with Gasteiger partial charge in [0.15, 0.2) is 11.5 Å². The molecule has 6 nitrogen and oxygen atoms in total. The maximum atomic E-state index is 5.70. The Bertz CT molecular complexity index is 616. The van der Waals surface area contributed by atoms with Crippen LogP contribution in [0.5, 0.6) is 17.4 Å². The van der Waals surface area contributed by atoms with E-state index >= 15 is 0 Å². The predicted molar refractivity (Wildman–Crippen MR) is 68.1 cm³/mol. The molecule has 0 amide bonds. The van der Waals surface area contributed by atoms with Crippen LogP contribution in [0, 0.1) is 6.92 Å². The molecule has 2 aromatic rings. The van der Waals surface area contributed by atoms with Crippen LogP contribution < -0.4 is 19.9 Å². The summed E-state index contributed by atoms with van der Waals surface area (Å²) in [5, 5.41) is 0. The van der Waals surface area contributed by atoms with Crippen LogP contribution in [-0.2, 0) is 6.61 Å². The number of hydrogen-bond acceptors (Lipinski definition) is 6. The normalized spacial score (nSPS) is 12.5. The van der Waals surface area contributed by atoms with E-state index in [0.717, 1.165) is 22.6 Å². The maximum absolute atomic E-state index is 5.70. The van der Waals surface area contributed by atoms with Crippen molar-refractivity contribution in [3.63, 3.8) is 0 Å². The van der Waals surface area contributed by atoms with Crippen LogP contribution in [0.4, 0.5) is 5.82 Å². The van der Waals surface area contributed by atoms with E-state index in [1.807, 2.05) is 25.1 Å². The smallest absolute Gasteiger partial charge is 0.231 e. The predicted octanol–water partition coefficient (Wildman–Crippen LogP) is 1.67. The van der Waals surface area contributed by atoms with E-state index < -0.39 is 0 Å². The molecule has 2 heterocycles. The number of ether oxygens (including phenoxy) is 3. The highest BCUT2D eigenvalue weighted by Crippen LogP contribution is 2.32. The van der Waals surface area contributed by atoms with Gasteiger partial charge in [-0.1, -0.05) is 6.07 Å². The SMILES string of the molecule is Cc1c(N)ncnc1OCc1ccc2c(c1)OCO2. The highest BCUT2D eigenvalue weighted by Gasteiger charge is 2.13. The number of rotatable bonds is 3. The van der Waals surface area contributed by atoms with Crippen LogP contribution in [0.1, 0.15) is 11.1 Å². The van der Waals surface area contributed by atoms with Crippen molar-refractivity contribution in [2.75, 3.05) is 12.5 Å². The summed E-state index contributed by atoms with van der Waals surface area (Å²) in [4.78, 5) is 7.95. The first kappa shape index (κ1) is 11.6. The number of nitrogen functional groups attached to an aromatic ring is 1. The van der Waals surface area contributed by atoms with Crippen LogP contribution in [0.15, 0.2) is 24.5 Å². The Labute approximate surface area is 110 Å². The number of anilines is 1. The molecule has 0 bridgehead atoms. The third kappa shape index (κ3) is 2.24. The number of fused-ring (bicyclic) bond motifs is 1. The van der Waals surface area contributed by atoms with Crippen LogP contribution >= 0.6 is 0 Å². The first-order valence-corrected chi connectivity index (χ1v) is 5.82. The van der Waals surface area contributed by atoms with Gasteiger partial charge in [0.2, 0.25) is 12.7 Å². The molecule has 6 heteroatoms. The molecular weight excluding hydrogens is 246 g/mol. The lowest BCUT2D eigenvalue weighted by Gasteiger charge is -2.09. The summed E-state index contributed by atoms with van der Waals surface area (Å²) in [6.45, 7) is 2.47. The van der Waals surface area contributed by atoms with Gasteiger partial charge in [-0.05, 0) is 24.6 Å². The highest BCUT2D eigenvalue weighted by atomic mass is 16.7. The second-order valence-corrected chi connectivity index (χ2v) is 4.17. The van der Waals surface area contributed by atoms with Gasteiger partial charge >= 0.3 is 0 Å². The minimum absolute atomic E-state index is 0.265. The van der Waals surface area contributed by atoms with Crippen molar-refractivity contribution in [2.45, 2.75) is 13.5 Å². The molecule has 0 radical (unpaired) electrons. The molecule has 0 atom stereocenters. The molecule has 0 aliphatic carbocycles. The summed E-state index contributed by atoms with van der Waals surface area (Å²) in [5.74, 6) is 2.41. The third-order valence-electron chi connectivity index (χ3n) is 2.89. The summed E-state index contributed by atoms with van der Waals surface area (Å²) in [7, 11) is 0. The summed E-state index contributed by atoms with van der Waals surface area (Å²) >= 11 is 0. The van der Waals surface area contributed by atoms with Gasteiger partial charge in [0.05, 0.1) is 5.56 Å². The number of aromatic nitrogens is 2. The van der Waals surface area contributed by atoms with Gasteiger partial charge in [-0.15, -0.1) is 0 Å². The molecule has 0 saturated carbocycles. The van der Waals surface area contributed by atoms with E-state index in [2.05, 4.69) is 9.97 Å². The van der Waals surface area contributed by atoms with E-state index in [4.69, 9.17) is 19.9 Å². The van der Waals surface area contributed by atoms with E-state index in [0.29, 0.717) is 18.3 Å². The second kappa shape index (κ2) is 4.64. The standard InChI is InChI=1S/C13H13N3O3/c1-8-12(14)15-6-16-13(8)17-5-9-2-3-10-11(4-9)19-7-18-10/h2-4,6H,5,7H2,1H3,(H2,14,15,16). The number of nitrogens with zero attached hydrogens (tertiary/aromatic N) is 2. The topological polar surface area (TPSA) is 79.5 Å². The van der Waals surface area contributed by atoms with Gasteiger partial charge < -0.3 is 19.9 Å². The fourth-order valence-corrected chi connectivity index (χ4v) is 1.77. The summed E-state index contributed by atoms with van der Waals surface area (Å²) in [6.07, 6.45) is 1.39. The Morgan fingerprint density at radius 1 is 1.26 bits per heavy atom. The van der Waals surface area contributed by atoms with Crippen molar-refractivity contribution >= 4 is 5.82 Å². The van der Waals surface area contributed by atoms with Crippen molar-refractivity contribution in [3.8, 4) is 17.4 Å². The first-order valence-electron chi connectivity index (χ1n) is 5.82. The molecular formula is C13H13N3O3. The molecule has 19 heavy (non-hydrogen) atoms.